The van der Waals surface area contributed by atoms with Gasteiger partial charge in [-0.25, -0.2) is 14.1 Å². The van der Waals surface area contributed by atoms with Crippen LogP contribution in [0.15, 0.2) is 43.0 Å². The van der Waals surface area contributed by atoms with Gasteiger partial charge in [0.25, 0.3) is 5.91 Å². The van der Waals surface area contributed by atoms with E-state index < -0.39 is 5.82 Å². The van der Waals surface area contributed by atoms with Crippen molar-refractivity contribution >= 4 is 34.3 Å². The number of fused-ring (bicyclic) bond motifs is 1. The minimum Gasteiger partial charge on any atom is -0.370 e. The molecule has 2 aliphatic heterocycles. The number of hydrogen-bond donors (Lipinski definition) is 2. The minimum atomic E-state index is -0.416. The molecule has 12 heteroatoms. The van der Waals surface area contributed by atoms with E-state index in [2.05, 4.69) is 30.8 Å². The van der Waals surface area contributed by atoms with Crippen molar-refractivity contribution in [2.45, 2.75) is 19.5 Å². The van der Waals surface area contributed by atoms with Gasteiger partial charge in [-0.15, -0.1) is 0 Å². The molecule has 2 fully saturated rings. The molecule has 186 valence electrons. The van der Waals surface area contributed by atoms with Crippen LogP contribution in [0, 0.1) is 11.7 Å². The molecule has 1 atom stereocenters. The number of amides is 1. The van der Waals surface area contributed by atoms with Crippen molar-refractivity contribution in [2.75, 3.05) is 43.1 Å². The Kier molecular flexibility index (Phi) is 6.03. The van der Waals surface area contributed by atoms with Crippen molar-refractivity contribution in [2.24, 2.45) is 5.92 Å². The quantitative estimate of drug-likeness (QED) is 0.403. The van der Waals surface area contributed by atoms with Crippen LogP contribution >= 0.6 is 0 Å². The van der Waals surface area contributed by atoms with Crippen molar-refractivity contribution in [3.8, 4) is 0 Å². The van der Waals surface area contributed by atoms with Crippen molar-refractivity contribution in [3.05, 3.63) is 54.4 Å². The van der Waals surface area contributed by atoms with E-state index in [0.717, 1.165) is 37.1 Å². The van der Waals surface area contributed by atoms with Gasteiger partial charge in [-0.2, -0.15) is 15.2 Å². The lowest BCUT2D eigenvalue weighted by atomic mass is 10.1. The highest BCUT2D eigenvalue weighted by molar-refractivity contribution is 5.94. The van der Waals surface area contributed by atoms with Gasteiger partial charge in [-0.05, 0) is 49.2 Å². The van der Waals surface area contributed by atoms with E-state index >= 15 is 0 Å². The monoisotopic (exact) mass is 491 g/mol. The van der Waals surface area contributed by atoms with E-state index in [-0.39, 0.29) is 19.1 Å². The highest BCUT2D eigenvalue weighted by Gasteiger charge is 2.21. The number of benzene rings is 1. The van der Waals surface area contributed by atoms with Crippen LogP contribution in [0.5, 0.6) is 0 Å². The number of morpholine rings is 1. The summed E-state index contributed by atoms with van der Waals surface area (Å²) < 4.78 is 23.3. The Hall–Kier alpha value is -3.90. The smallest absolute Gasteiger partial charge is 0.253 e. The fraction of sp³-hybridized carbons (Fsp3) is 0.375. The molecule has 1 unspecified atom stereocenters. The van der Waals surface area contributed by atoms with Crippen LogP contribution in [-0.4, -0.2) is 68.3 Å². The second-order valence-electron chi connectivity index (χ2n) is 9.13. The van der Waals surface area contributed by atoms with Gasteiger partial charge in [-0.1, -0.05) is 0 Å². The zero-order valence-corrected chi connectivity index (χ0v) is 19.6. The summed E-state index contributed by atoms with van der Waals surface area (Å²) in [7, 11) is 0. The number of anilines is 3. The molecule has 5 heterocycles. The van der Waals surface area contributed by atoms with Gasteiger partial charge >= 0.3 is 0 Å². The van der Waals surface area contributed by atoms with Crippen LogP contribution in [0.4, 0.5) is 21.7 Å². The fourth-order valence-electron chi connectivity index (χ4n) is 4.68. The maximum atomic E-state index is 14.4. The van der Waals surface area contributed by atoms with E-state index in [0.29, 0.717) is 41.9 Å². The molecule has 0 saturated carbocycles. The molecule has 2 aliphatic rings. The number of nitrogens with zero attached hydrogens (tertiary/aromatic N) is 7. The number of nitrogens with one attached hydrogen (secondary N) is 2. The Bertz CT molecular complexity index is 1400. The normalized spacial score (nSPS) is 18.3. The summed E-state index contributed by atoms with van der Waals surface area (Å²) in [5.74, 6) is 0.407. The van der Waals surface area contributed by atoms with Gasteiger partial charge in [0.15, 0.2) is 5.65 Å². The first-order valence-electron chi connectivity index (χ1n) is 12.0. The largest absolute Gasteiger partial charge is 0.370 e. The molecule has 0 bridgehead atoms. The van der Waals surface area contributed by atoms with Crippen LogP contribution in [0.1, 0.15) is 12.0 Å². The second kappa shape index (κ2) is 9.63. The maximum Gasteiger partial charge on any atom is 0.253 e. The molecule has 0 spiro atoms. The van der Waals surface area contributed by atoms with E-state index in [4.69, 9.17) is 4.74 Å². The molecule has 2 saturated heterocycles. The first-order chi connectivity index (χ1) is 17.6. The number of rotatable bonds is 7. The molecule has 0 radical (unpaired) electrons. The molecule has 6 rings (SSSR count). The van der Waals surface area contributed by atoms with Gasteiger partial charge in [-0.3, -0.25) is 9.48 Å². The van der Waals surface area contributed by atoms with E-state index in [1.54, 1.807) is 34.2 Å². The Morgan fingerprint density at radius 1 is 1.19 bits per heavy atom. The number of carbonyl (C=O) groups excluding carboxylic acids is 1. The average molecular weight is 492 g/mol. The van der Waals surface area contributed by atoms with E-state index in [9.17, 15) is 9.18 Å². The lowest BCUT2D eigenvalue weighted by Gasteiger charge is -2.27. The van der Waals surface area contributed by atoms with Gasteiger partial charge in [0.1, 0.15) is 12.4 Å². The van der Waals surface area contributed by atoms with Crippen molar-refractivity contribution in [1.82, 2.24) is 34.8 Å². The Labute approximate surface area is 206 Å². The topological polar surface area (TPSA) is 115 Å². The first kappa shape index (κ1) is 22.6. The molecule has 1 aromatic carbocycles. The third-order valence-electron chi connectivity index (χ3n) is 6.45. The number of aromatic nitrogens is 6. The maximum absolute atomic E-state index is 14.4. The minimum absolute atomic E-state index is 0.000963. The number of hydrogen-bond acceptors (Lipinski definition) is 8. The van der Waals surface area contributed by atoms with Crippen molar-refractivity contribution < 1.29 is 13.9 Å². The Morgan fingerprint density at radius 2 is 2.14 bits per heavy atom. The predicted molar refractivity (Wildman–Crippen MR) is 130 cm³/mol. The van der Waals surface area contributed by atoms with Crippen LogP contribution in [-0.2, 0) is 22.6 Å². The summed E-state index contributed by atoms with van der Waals surface area (Å²) in [4.78, 5) is 22.8. The van der Waals surface area contributed by atoms with Crippen LogP contribution < -0.4 is 15.5 Å². The molecule has 11 nitrogen and oxygen atoms in total. The van der Waals surface area contributed by atoms with Crippen molar-refractivity contribution in [3.63, 3.8) is 0 Å². The third kappa shape index (κ3) is 4.77. The summed E-state index contributed by atoms with van der Waals surface area (Å²) in [6, 6.07) is 4.60. The lowest BCUT2D eigenvalue weighted by molar-refractivity contribution is -0.125. The molecule has 0 aliphatic carbocycles. The SMILES string of the molecule is O=C1COCCN1c1cc(F)cc(Cn2ncc3cnc(Nc4cnn(CC5CCNC5)c4)nc32)c1. The zero-order valence-electron chi connectivity index (χ0n) is 19.6. The summed E-state index contributed by atoms with van der Waals surface area (Å²) in [6.45, 7) is 4.04. The molecular weight excluding hydrogens is 465 g/mol. The summed E-state index contributed by atoms with van der Waals surface area (Å²) in [5, 5.41) is 16.2. The average Bonchev–Trinajstić information content (AvgIpc) is 3.62. The number of ether oxygens (including phenoxy) is 1. The van der Waals surface area contributed by atoms with Crippen LogP contribution in [0.2, 0.25) is 0 Å². The summed E-state index contributed by atoms with van der Waals surface area (Å²) >= 11 is 0. The van der Waals surface area contributed by atoms with E-state index in [1.165, 1.54) is 12.1 Å². The van der Waals surface area contributed by atoms with Gasteiger partial charge < -0.3 is 20.3 Å². The zero-order chi connectivity index (χ0) is 24.5. The highest BCUT2D eigenvalue weighted by Crippen LogP contribution is 2.23. The molecule has 36 heavy (non-hydrogen) atoms. The summed E-state index contributed by atoms with van der Waals surface area (Å²) in [6.07, 6.45) is 8.24. The van der Waals surface area contributed by atoms with Crippen molar-refractivity contribution in [1.29, 1.82) is 0 Å². The van der Waals surface area contributed by atoms with Crippen LogP contribution in [0.3, 0.4) is 0 Å². The highest BCUT2D eigenvalue weighted by atomic mass is 19.1. The number of halogens is 1. The van der Waals surface area contributed by atoms with Gasteiger partial charge in [0, 0.05) is 31.2 Å². The number of carbonyl (C=O) groups is 1. The Balaban J connectivity index is 1.20. The Morgan fingerprint density at radius 3 is 3.00 bits per heavy atom. The predicted octanol–water partition coefficient (Wildman–Crippen LogP) is 1.93. The molecule has 1 amide bonds. The lowest BCUT2D eigenvalue weighted by Crippen LogP contribution is -2.41. The van der Waals surface area contributed by atoms with Gasteiger partial charge in [0.05, 0.1) is 36.6 Å². The summed E-state index contributed by atoms with van der Waals surface area (Å²) in [5.41, 5.74) is 2.60. The second-order valence-corrected chi connectivity index (χ2v) is 9.13. The standard InChI is InChI=1S/C24H26FN9O2/c25-19-5-17(6-21(7-19)33-3-4-36-15-22(33)35)13-34-23-18(10-29-34)9-27-24(31-23)30-20-11-28-32(14-20)12-16-1-2-26-8-16/h5-7,9-11,14,16,26H,1-4,8,12-13,15H2,(H,27,30,31). The van der Waals surface area contributed by atoms with Crippen LogP contribution in [0.25, 0.3) is 11.0 Å². The fourth-order valence-corrected chi connectivity index (χ4v) is 4.68. The van der Waals surface area contributed by atoms with Gasteiger partial charge in [0.2, 0.25) is 5.95 Å². The molecule has 4 aromatic rings. The molecule has 3 aromatic heterocycles. The molecule has 2 N–H and O–H groups in total. The third-order valence-corrected chi connectivity index (χ3v) is 6.45. The first-order valence-corrected chi connectivity index (χ1v) is 12.0. The molecular formula is C24H26FN9O2. The van der Waals surface area contributed by atoms with E-state index in [1.807, 2.05) is 10.9 Å².